The van der Waals surface area contributed by atoms with E-state index >= 15 is 0 Å². The van der Waals surface area contributed by atoms with Crippen LogP contribution in [0.25, 0.3) is 22.5 Å². The van der Waals surface area contributed by atoms with Crippen molar-refractivity contribution in [3.05, 3.63) is 77.3 Å². The van der Waals surface area contributed by atoms with Crippen LogP contribution in [-0.4, -0.2) is 79.1 Å². The first-order chi connectivity index (χ1) is 24.9. The van der Waals surface area contributed by atoms with Crippen molar-refractivity contribution in [2.24, 2.45) is 5.41 Å². The zero-order chi connectivity index (χ0) is 38.7. The molecule has 0 radical (unpaired) electrons. The van der Waals surface area contributed by atoms with Crippen LogP contribution in [0.2, 0.25) is 5.02 Å². The Labute approximate surface area is 307 Å². The monoisotopic (exact) mass is 763 g/mol. The quantitative estimate of drug-likeness (QED) is 0.0616. The number of rotatable bonds is 13. The lowest BCUT2D eigenvalue weighted by Gasteiger charge is -2.34. The van der Waals surface area contributed by atoms with E-state index in [4.69, 9.17) is 21.7 Å². The maximum atomic E-state index is 14.5. The fraction of sp³-hybridized carbons (Fsp3) is 0.429. The van der Waals surface area contributed by atoms with Crippen molar-refractivity contribution in [3.8, 4) is 22.5 Å². The second-order valence-corrected chi connectivity index (χ2v) is 14.3. The normalized spacial score (nSPS) is 14.2. The maximum Gasteiger partial charge on any atom is 0.407 e. The summed E-state index contributed by atoms with van der Waals surface area (Å²) in [5.41, 5.74) is -1.86. The van der Waals surface area contributed by atoms with Gasteiger partial charge in [-0.3, -0.25) is 24.9 Å². The molecular weight excluding hydrogens is 725 g/mol. The third-order valence-corrected chi connectivity index (χ3v) is 9.29. The number of guanidine groups is 1. The first-order valence-corrected chi connectivity index (χ1v) is 17.0. The number of hydrogen-bond acceptors (Lipinski definition) is 7. The molecule has 0 spiro atoms. The number of carbonyl (C=O) groups excluding carboxylic acids is 2. The van der Waals surface area contributed by atoms with Crippen molar-refractivity contribution >= 4 is 29.6 Å². The van der Waals surface area contributed by atoms with Crippen LogP contribution in [0.5, 0.6) is 0 Å². The molecule has 0 unspecified atom stereocenters. The third-order valence-electron chi connectivity index (χ3n) is 8.96. The van der Waals surface area contributed by atoms with E-state index in [2.05, 4.69) is 30.9 Å². The van der Waals surface area contributed by atoms with Gasteiger partial charge < -0.3 is 15.4 Å². The van der Waals surface area contributed by atoms with E-state index in [-0.39, 0.29) is 28.5 Å². The lowest BCUT2D eigenvalue weighted by Crippen LogP contribution is -2.51. The minimum absolute atomic E-state index is 0.0863. The van der Waals surface area contributed by atoms with Crippen LogP contribution in [0.1, 0.15) is 75.0 Å². The van der Waals surface area contributed by atoms with Crippen LogP contribution in [0.4, 0.5) is 26.7 Å². The summed E-state index contributed by atoms with van der Waals surface area (Å²) in [4.78, 5) is 32.3. The van der Waals surface area contributed by atoms with Gasteiger partial charge in [-0.15, -0.1) is 0 Å². The first-order valence-electron chi connectivity index (χ1n) is 16.6. The van der Waals surface area contributed by atoms with Gasteiger partial charge in [0.2, 0.25) is 0 Å². The second kappa shape index (κ2) is 15.5. The molecular formula is C35H39ClF5N9O3. The predicted molar refractivity (Wildman–Crippen MR) is 186 cm³/mol. The number of hydrogen-bond donors (Lipinski definition) is 4. The SMILES string of the molecule is CC(C)(NC(=O)OC[C@H](c1ccc(Cl)c(-c2ncn[nH]2)c1)N(C(=N)NCCC(C)(C)C(F)(F)F)C(=O)c1ccc(-c2cnn(C3CC3)c2)cc1)C(F)F. The number of alkyl halides is 5. The van der Waals surface area contributed by atoms with E-state index in [1.54, 1.807) is 18.3 Å². The maximum absolute atomic E-state index is 14.5. The Hall–Kier alpha value is -5.06. The van der Waals surface area contributed by atoms with Crippen molar-refractivity contribution in [1.82, 2.24) is 40.5 Å². The smallest absolute Gasteiger partial charge is 0.407 e. The molecule has 2 heterocycles. The zero-order valence-electron chi connectivity index (χ0n) is 29.3. The van der Waals surface area contributed by atoms with Crippen molar-refractivity contribution in [1.29, 1.82) is 5.41 Å². The molecule has 1 saturated carbocycles. The standard InChI is InChI=1S/C35H39ClF5N9O3/c1-33(2,35(39,40)41)13-14-43-31(42)50(29(51)21-7-5-20(6-8-21)23-16-46-49(17-23)24-10-11-24)27(18-53-32(52)47-34(3,4)30(37)38)22-9-12-26(36)25(15-22)28-44-19-45-48-28/h5-9,12,15-17,19,24,27,30H,10-11,13-14,18H2,1-4H3,(H2,42,43)(H,47,52)(H,44,45,48)/t27-/m1/s1. The molecule has 2 aromatic carbocycles. The number of aromatic nitrogens is 5. The van der Waals surface area contributed by atoms with Gasteiger partial charge in [0, 0.05) is 29.4 Å². The van der Waals surface area contributed by atoms with Crippen LogP contribution in [-0.2, 0) is 4.74 Å². The molecule has 4 N–H and O–H groups in total. The molecule has 0 aliphatic heterocycles. The number of benzene rings is 2. The van der Waals surface area contributed by atoms with E-state index in [1.165, 1.54) is 36.7 Å². The molecule has 18 heteroatoms. The van der Waals surface area contributed by atoms with Crippen LogP contribution < -0.4 is 10.6 Å². The first kappa shape index (κ1) is 39.2. The Morgan fingerprint density at radius 2 is 1.79 bits per heavy atom. The van der Waals surface area contributed by atoms with Crippen LogP contribution >= 0.6 is 11.6 Å². The van der Waals surface area contributed by atoms with Gasteiger partial charge in [-0.2, -0.15) is 23.4 Å². The molecule has 4 aromatic rings. The number of carbonyl (C=O) groups is 2. The number of alkyl carbamates (subject to hydrolysis) is 1. The highest BCUT2D eigenvalue weighted by Gasteiger charge is 2.46. The lowest BCUT2D eigenvalue weighted by molar-refractivity contribution is -0.213. The molecule has 1 fully saturated rings. The Morgan fingerprint density at radius 1 is 1.09 bits per heavy atom. The molecule has 12 nitrogen and oxygen atoms in total. The Bertz CT molecular complexity index is 1910. The van der Waals surface area contributed by atoms with Gasteiger partial charge in [0.25, 0.3) is 12.3 Å². The Balaban J connectivity index is 1.52. The summed E-state index contributed by atoms with van der Waals surface area (Å²) in [7, 11) is 0. The number of H-pyrrole nitrogens is 1. The Morgan fingerprint density at radius 3 is 2.40 bits per heavy atom. The summed E-state index contributed by atoms with van der Waals surface area (Å²) < 4.78 is 75.4. The highest BCUT2D eigenvalue weighted by molar-refractivity contribution is 6.33. The average molecular weight is 764 g/mol. The lowest BCUT2D eigenvalue weighted by atomic mass is 9.88. The molecule has 2 aromatic heterocycles. The fourth-order valence-corrected chi connectivity index (χ4v) is 5.39. The van der Waals surface area contributed by atoms with Crippen LogP contribution in [0.3, 0.4) is 0 Å². The molecule has 53 heavy (non-hydrogen) atoms. The highest BCUT2D eigenvalue weighted by Crippen LogP contribution is 2.40. The average Bonchev–Trinajstić information content (AvgIpc) is 3.56. The summed E-state index contributed by atoms with van der Waals surface area (Å²) >= 11 is 6.47. The summed E-state index contributed by atoms with van der Waals surface area (Å²) in [6.07, 6.45) is -2.23. The van der Waals surface area contributed by atoms with Crippen molar-refractivity contribution < 1.29 is 36.3 Å². The van der Waals surface area contributed by atoms with Crippen molar-refractivity contribution in [2.75, 3.05) is 13.2 Å². The molecule has 1 atom stereocenters. The number of aromatic amines is 1. The van der Waals surface area contributed by atoms with Gasteiger partial charge in [0.15, 0.2) is 11.8 Å². The molecule has 284 valence electrons. The molecule has 0 bridgehead atoms. The minimum Gasteiger partial charge on any atom is -0.447 e. The zero-order valence-corrected chi connectivity index (χ0v) is 30.0. The topological polar surface area (TPSA) is 154 Å². The van der Waals surface area contributed by atoms with Gasteiger partial charge in [-0.05, 0) is 68.5 Å². The van der Waals surface area contributed by atoms with Crippen molar-refractivity contribution in [3.63, 3.8) is 0 Å². The third kappa shape index (κ3) is 9.30. The van der Waals surface area contributed by atoms with Gasteiger partial charge in [-0.25, -0.2) is 18.6 Å². The van der Waals surface area contributed by atoms with Gasteiger partial charge >= 0.3 is 12.3 Å². The van der Waals surface area contributed by atoms with Crippen LogP contribution in [0.15, 0.2) is 61.2 Å². The van der Waals surface area contributed by atoms with E-state index in [1.807, 2.05) is 10.9 Å². The summed E-state index contributed by atoms with van der Waals surface area (Å²) in [6, 6.07) is 9.94. The summed E-state index contributed by atoms with van der Waals surface area (Å²) in [5, 5.41) is 24.9. The van der Waals surface area contributed by atoms with Crippen LogP contribution in [0, 0.1) is 10.8 Å². The molecule has 5 rings (SSSR count). The molecule has 0 saturated heterocycles. The highest BCUT2D eigenvalue weighted by atomic mass is 35.5. The largest absolute Gasteiger partial charge is 0.447 e. The molecule has 1 aliphatic rings. The number of amides is 2. The summed E-state index contributed by atoms with van der Waals surface area (Å²) in [6.45, 7) is 3.19. The fourth-order valence-electron chi connectivity index (χ4n) is 5.18. The van der Waals surface area contributed by atoms with E-state index in [9.17, 15) is 31.5 Å². The summed E-state index contributed by atoms with van der Waals surface area (Å²) in [5.74, 6) is -1.15. The minimum atomic E-state index is -4.54. The van der Waals surface area contributed by atoms with Gasteiger partial charge in [-0.1, -0.05) is 43.6 Å². The van der Waals surface area contributed by atoms with E-state index in [0.29, 0.717) is 11.6 Å². The van der Waals surface area contributed by atoms with E-state index < -0.39 is 60.6 Å². The molecule has 2 amide bonds. The number of ether oxygens (including phenoxy) is 1. The molecule has 1 aliphatic carbocycles. The Kier molecular flexibility index (Phi) is 11.5. The number of nitrogens with zero attached hydrogens (tertiary/aromatic N) is 5. The van der Waals surface area contributed by atoms with Crippen molar-refractivity contribution in [2.45, 2.75) is 77.2 Å². The second-order valence-electron chi connectivity index (χ2n) is 13.9. The predicted octanol–water partition coefficient (Wildman–Crippen LogP) is 7.78. The number of halogens is 6. The number of nitrogens with one attached hydrogen (secondary N) is 4. The van der Waals surface area contributed by atoms with E-state index in [0.717, 1.165) is 56.6 Å². The van der Waals surface area contributed by atoms with Gasteiger partial charge in [0.05, 0.1) is 34.3 Å². The van der Waals surface area contributed by atoms with Gasteiger partial charge in [0.1, 0.15) is 12.9 Å².